The number of hydrogen-bond acceptors (Lipinski definition) is 0. The van der Waals surface area contributed by atoms with Crippen molar-refractivity contribution in [3.05, 3.63) is 70.8 Å². The third-order valence-electron chi connectivity index (χ3n) is 4.25. The van der Waals surface area contributed by atoms with E-state index >= 15 is 0 Å². The summed E-state index contributed by atoms with van der Waals surface area (Å²) in [5.41, 5.74) is 5.92. The average Bonchev–Trinajstić information content (AvgIpc) is 2.42. The lowest BCUT2D eigenvalue weighted by Crippen LogP contribution is -2.15. The van der Waals surface area contributed by atoms with Crippen molar-refractivity contribution in [2.24, 2.45) is 0 Å². The zero-order valence-corrected chi connectivity index (χ0v) is 12.5. The molecule has 0 saturated heterocycles. The van der Waals surface area contributed by atoms with Crippen molar-refractivity contribution in [3.8, 4) is 0 Å². The third kappa shape index (κ3) is 3.26. The Bertz CT molecular complexity index is 549. The minimum absolute atomic E-state index is 0.266. The molecule has 0 amide bonds. The molecule has 0 N–H and O–H groups in total. The van der Waals surface area contributed by atoms with Gasteiger partial charge in [-0.2, -0.15) is 0 Å². The molecule has 19 heavy (non-hydrogen) atoms. The summed E-state index contributed by atoms with van der Waals surface area (Å²) in [6.07, 6.45) is 2.20. The lowest BCUT2D eigenvalue weighted by Gasteiger charge is -2.24. The second-order valence-electron chi connectivity index (χ2n) is 6.04. The first-order valence-electron chi connectivity index (χ1n) is 7.17. The summed E-state index contributed by atoms with van der Waals surface area (Å²) in [6.45, 7) is 9.09. The molecule has 0 heterocycles. The molecule has 0 fully saturated rings. The molecule has 0 aromatic heterocycles. The predicted octanol–water partition coefficient (Wildman–Crippen LogP) is 5.27. The summed E-state index contributed by atoms with van der Waals surface area (Å²) in [6, 6.07) is 17.7. The highest BCUT2D eigenvalue weighted by molar-refractivity contribution is 5.35. The van der Waals surface area contributed by atoms with Crippen molar-refractivity contribution >= 4 is 0 Å². The molecule has 0 saturated carbocycles. The fourth-order valence-corrected chi connectivity index (χ4v) is 2.33. The Kier molecular flexibility index (Phi) is 4.09. The number of rotatable bonds is 4. The standard InChI is InChI=1S/C19H24/c1-5-19(3,4)18-12-8-10-16(14-18)13-17-11-7-6-9-15(17)2/h6-12,14H,5,13H2,1-4H3. The predicted molar refractivity (Wildman–Crippen MR) is 83.7 cm³/mol. The highest BCUT2D eigenvalue weighted by Crippen LogP contribution is 2.27. The summed E-state index contributed by atoms with van der Waals surface area (Å²) in [5.74, 6) is 0. The van der Waals surface area contributed by atoms with Crippen LogP contribution in [0.3, 0.4) is 0 Å². The summed E-state index contributed by atoms with van der Waals surface area (Å²) < 4.78 is 0. The lowest BCUT2D eigenvalue weighted by molar-refractivity contribution is 0.506. The molecule has 0 aliphatic heterocycles. The minimum Gasteiger partial charge on any atom is -0.0646 e. The maximum absolute atomic E-state index is 2.37. The van der Waals surface area contributed by atoms with E-state index in [1.807, 2.05) is 0 Å². The summed E-state index contributed by atoms with van der Waals surface area (Å²) in [7, 11) is 0. The van der Waals surface area contributed by atoms with E-state index in [9.17, 15) is 0 Å². The van der Waals surface area contributed by atoms with E-state index in [0.29, 0.717) is 0 Å². The molecule has 0 spiro atoms. The van der Waals surface area contributed by atoms with Gasteiger partial charge in [0.05, 0.1) is 0 Å². The lowest BCUT2D eigenvalue weighted by atomic mass is 9.81. The van der Waals surface area contributed by atoms with Crippen LogP contribution >= 0.6 is 0 Å². The topological polar surface area (TPSA) is 0 Å². The van der Waals surface area contributed by atoms with E-state index in [2.05, 4.69) is 76.2 Å². The fourth-order valence-electron chi connectivity index (χ4n) is 2.33. The first-order valence-corrected chi connectivity index (χ1v) is 7.17. The molecule has 2 aromatic rings. The van der Waals surface area contributed by atoms with Gasteiger partial charge in [-0.25, -0.2) is 0 Å². The summed E-state index contributed by atoms with van der Waals surface area (Å²) in [4.78, 5) is 0. The van der Waals surface area contributed by atoms with Gasteiger partial charge in [-0.3, -0.25) is 0 Å². The molecular weight excluding hydrogens is 228 g/mol. The van der Waals surface area contributed by atoms with Crippen LogP contribution in [-0.2, 0) is 11.8 Å². The molecule has 2 aromatic carbocycles. The molecule has 0 nitrogen and oxygen atoms in total. The average molecular weight is 252 g/mol. The van der Waals surface area contributed by atoms with Crippen LogP contribution in [0.15, 0.2) is 48.5 Å². The van der Waals surface area contributed by atoms with Gasteiger partial charge < -0.3 is 0 Å². The number of hydrogen-bond donors (Lipinski definition) is 0. The van der Waals surface area contributed by atoms with Crippen molar-refractivity contribution in [1.82, 2.24) is 0 Å². The van der Waals surface area contributed by atoms with Crippen molar-refractivity contribution in [1.29, 1.82) is 0 Å². The van der Waals surface area contributed by atoms with Gasteiger partial charge in [-0.05, 0) is 47.4 Å². The SMILES string of the molecule is CCC(C)(C)c1cccc(Cc2ccccc2C)c1. The van der Waals surface area contributed by atoms with Gasteiger partial charge in [-0.15, -0.1) is 0 Å². The molecular formula is C19H24. The van der Waals surface area contributed by atoms with Gasteiger partial charge >= 0.3 is 0 Å². The van der Waals surface area contributed by atoms with Gasteiger partial charge in [0.2, 0.25) is 0 Å². The molecule has 100 valence electrons. The first-order chi connectivity index (χ1) is 9.03. The molecule has 0 aliphatic rings. The quantitative estimate of drug-likeness (QED) is 0.695. The molecule has 0 bridgehead atoms. The van der Waals surface area contributed by atoms with Crippen LogP contribution in [0.1, 0.15) is 49.4 Å². The van der Waals surface area contributed by atoms with E-state index < -0.39 is 0 Å². The van der Waals surface area contributed by atoms with Gasteiger partial charge in [0, 0.05) is 0 Å². The minimum atomic E-state index is 0.266. The van der Waals surface area contributed by atoms with Gasteiger partial charge in [0.15, 0.2) is 0 Å². The normalized spacial score (nSPS) is 11.6. The molecule has 2 rings (SSSR count). The summed E-state index contributed by atoms with van der Waals surface area (Å²) >= 11 is 0. The van der Waals surface area contributed by atoms with Crippen LogP contribution in [-0.4, -0.2) is 0 Å². The van der Waals surface area contributed by atoms with Crippen LogP contribution in [0.2, 0.25) is 0 Å². The highest BCUT2D eigenvalue weighted by Gasteiger charge is 2.17. The van der Waals surface area contributed by atoms with Gasteiger partial charge in [-0.1, -0.05) is 69.3 Å². The van der Waals surface area contributed by atoms with Crippen LogP contribution < -0.4 is 0 Å². The highest BCUT2D eigenvalue weighted by atomic mass is 14.2. The second-order valence-corrected chi connectivity index (χ2v) is 6.04. The summed E-state index contributed by atoms with van der Waals surface area (Å²) in [5, 5.41) is 0. The Morgan fingerprint density at radius 3 is 2.37 bits per heavy atom. The van der Waals surface area contributed by atoms with E-state index in [4.69, 9.17) is 0 Å². The molecule has 0 aliphatic carbocycles. The van der Waals surface area contributed by atoms with Crippen molar-refractivity contribution in [2.45, 2.75) is 46.0 Å². The maximum Gasteiger partial charge on any atom is -0.00230 e. The van der Waals surface area contributed by atoms with Crippen LogP contribution in [0.4, 0.5) is 0 Å². The number of benzene rings is 2. The second kappa shape index (κ2) is 5.61. The van der Waals surface area contributed by atoms with Gasteiger partial charge in [0.25, 0.3) is 0 Å². The zero-order chi connectivity index (χ0) is 13.9. The number of aryl methyl sites for hydroxylation is 1. The molecule has 0 radical (unpaired) electrons. The molecule has 0 atom stereocenters. The Morgan fingerprint density at radius 2 is 1.68 bits per heavy atom. The van der Waals surface area contributed by atoms with Gasteiger partial charge in [0.1, 0.15) is 0 Å². The van der Waals surface area contributed by atoms with Crippen molar-refractivity contribution < 1.29 is 0 Å². The smallest absolute Gasteiger partial charge is 0.00230 e. The Hall–Kier alpha value is -1.56. The Balaban J connectivity index is 2.28. The van der Waals surface area contributed by atoms with Crippen molar-refractivity contribution in [3.63, 3.8) is 0 Å². The Morgan fingerprint density at radius 1 is 0.947 bits per heavy atom. The van der Waals surface area contributed by atoms with E-state index in [1.165, 1.54) is 28.7 Å². The van der Waals surface area contributed by atoms with Crippen LogP contribution in [0, 0.1) is 6.92 Å². The monoisotopic (exact) mass is 252 g/mol. The molecule has 0 unspecified atom stereocenters. The van der Waals surface area contributed by atoms with Crippen molar-refractivity contribution in [2.75, 3.05) is 0 Å². The molecule has 0 heteroatoms. The maximum atomic E-state index is 2.37. The van der Waals surface area contributed by atoms with Crippen LogP contribution in [0.5, 0.6) is 0 Å². The zero-order valence-electron chi connectivity index (χ0n) is 12.5. The van der Waals surface area contributed by atoms with E-state index in [-0.39, 0.29) is 5.41 Å². The largest absolute Gasteiger partial charge is 0.0646 e. The Labute approximate surface area is 117 Å². The third-order valence-corrected chi connectivity index (χ3v) is 4.25. The van der Waals surface area contributed by atoms with E-state index in [0.717, 1.165) is 6.42 Å². The fraction of sp³-hybridized carbons (Fsp3) is 0.368. The van der Waals surface area contributed by atoms with Crippen LogP contribution in [0.25, 0.3) is 0 Å². The first kappa shape index (κ1) is 13.9. The van der Waals surface area contributed by atoms with E-state index in [1.54, 1.807) is 0 Å².